The predicted molar refractivity (Wildman–Crippen MR) is 117 cm³/mol. The van der Waals surface area contributed by atoms with Gasteiger partial charge in [0.15, 0.2) is 6.29 Å². The van der Waals surface area contributed by atoms with Crippen molar-refractivity contribution in [2.45, 2.75) is 89.8 Å². The average molecular weight is 403 g/mol. The van der Waals surface area contributed by atoms with Crippen LogP contribution in [0.1, 0.15) is 58.4 Å². The maximum Gasteiger partial charge on any atom is 0.250 e. The molecule has 4 heteroatoms. The molecule has 1 saturated carbocycles. The Morgan fingerprint density at radius 2 is 1.93 bits per heavy atom. The monoisotopic (exact) mass is 402 g/mol. The molecule has 1 aliphatic carbocycles. The SMILES string of the molecule is CC(C)(C)[Si](C)(C)O/C(=C/CCCc1ccccc1)[C@@H]1CCC2OC(O)C[C@H]21. The molecule has 1 aromatic carbocycles. The summed E-state index contributed by atoms with van der Waals surface area (Å²) in [7, 11) is -1.89. The van der Waals surface area contributed by atoms with Gasteiger partial charge in [-0.2, -0.15) is 0 Å². The van der Waals surface area contributed by atoms with Gasteiger partial charge in [0.05, 0.1) is 11.9 Å². The number of aryl methyl sites for hydroxylation is 1. The lowest BCUT2D eigenvalue weighted by molar-refractivity contribution is -0.0906. The van der Waals surface area contributed by atoms with Crippen molar-refractivity contribution in [2.24, 2.45) is 11.8 Å². The summed E-state index contributed by atoms with van der Waals surface area (Å²) >= 11 is 0. The molecule has 156 valence electrons. The van der Waals surface area contributed by atoms with Crippen molar-refractivity contribution < 1.29 is 14.3 Å². The van der Waals surface area contributed by atoms with Crippen molar-refractivity contribution in [1.82, 2.24) is 0 Å². The Morgan fingerprint density at radius 3 is 2.61 bits per heavy atom. The van der Waals surface area contributed by atoms with E-state index in [9.17, 15) is 5.11 Å². The van der Waals surface area contributed by atoms with Crippen molar-refractivity contribution in [3.8, 4) is 0 Å². The first-order chi connectivity index (χ1) is 13.2. The molecule has 1 N–H and O–H groups in total. The predicted octanol–water partition coefficient (Wildman–Crippen LogP) is 6.05. The highest BCUT2D eigenvalue weighted by Crippen LogP contribution is 2.48. The molecule has 1 heterocycles. The molecular formula is C24H38O3Si. The summed E-state index contributed by atoms with van der Waals surface area (Å²) in [5, 5.41) is 10.1. The number of allylic oxidation sites excluding steroid dienone is 2. The van der Waals surface area contributed by atoms with E-state index in [2.05, 4.69) is 70.3 Å². The van der Waals surface area contributed by atoms with Gasteiger partial charge in [-0.3, -0.25) is 0 Å². The van der Waals surface area contributed by atoms with Crippen LogP contribution in [0.5, 0.6) is 0 Å². The smallest absolute Gasteiger partial charge is 0.250 e. The van der Waals surface area contributed by atoms with Gasteiger partial charge in [-0.25, -0.2) is 0 Å². The number of benzene rings is 1. The standard InChI is InChI=1S/C24H38O3Si/c1-24(2,3)28(4,5)27-22(14-10-9-13-18-11-7-6-8-12-18)19-15-16-21-20(19)17-23(25)26-21/h6-8,11-12,14,19-21,23,25H,9-10,13,15-17H2,1-5H3/b22-14+/t19-,20+,21?,23?/m1/s1. The first-order valence-corrected chi connectivity index (χ1v) is 13.8. The number of aliphatic hydroxyl groups excluding tert-OH is 1. The van der Waals surface area contributed by atoms with E-state index in [1.54, 1.807) is 0 Å². The summed E-state index contributed by atoms with van der Waals surface area (Å²) < 4.78 is 12.6. The molecule has 28 heavy (non-hydrogen) atoms. The number of fused-ring (bicyclic) bond motifs is 1. The number of unbranched alkanes of at least 4 members (excludes halogenated alkanes) is 1. The second-order valence-corrected chi connectivity index (χ2v) is 14.8. The van der Waals surface area contributed by atoms with E-state index in [1.165, 1.54) is 11.3 Å². The topological polar surface area (TPSA) is 38.7 Å². The van der Waals surface area contributed by atoms with E-state index < -0.39 is 14.6 Å². The van der Waals surface area contributed by atoms with Crippen LogP contribution in [0.4, 0.5) is 0 Å². The summed E-state index contributed by atoms with van der Waals surface area (Å²) in [4.78, 5) is 0. The minimum atomic E-state index is -1.89. The Labute approximate surface area is 172 Å². The number of rotatable bonds is 7. The highest BCUT2D eigenvalue weighted by atomic mass is 28.4. The number of aliphatic hydroxyl groups is 1. The lowest BCUT2D eigenvalue weighted by Crippen LogP contribution is -2.41. The van der Waals surface area contributed by atoms with Crippen molar-refractivity contribution in [2.75, 3.05) is 0 Å². The zero-order chi connectivity index (χ0) is 20.4. The van der Waals surface area contributed by atoms with Crippen LogP contribution in [0.2, 0.25) is 18.1 Å². The van der Waals surface area contributed by atoms with Crippen LogP contribution < -0.4 is 0 Å². The van der Waals surface area contributed by atoms with Gasteiger partial charge >= 0.3 is 0 Å². The van der Waals surface area contributed by atoms with E-state index in [1.807, 2.05) is 0 Å². The molecular weight excluding hydrogens is 364 g/mol. The van der Waals surface area contributed by atoms with Gasteiger partial charge in [-0.15, -0.1) is 0 Å². The summed E-state index contributed by atoms with van der Waals surface area (Å²) in [5.74, 6) is 1.98. The number of ether oxygens (including phenoxy) is 1. The van der Waals surface area contributed by atoms with Gasteiger partial charge in [-0.1, -0.05) is 51.1 Å². The zero-order valence-electron chi connectivity index (χ0n) is 18.3. The van der Waals surface area contributed by atoms with Gasteiger partial charge in [0.2, 0.25) is 8.32 Å². The minimum Gasteiger partial charge on any atom is -0.547 e. The molecule has 3 nitrogen and oxygen atoms in total. The molecule has 0 bridgehead atoms. The molecule has 1 saturated heterocycles. The van der Waals surface area contributed by atoms with Crippen molar-refractivity contribution >= 4 is 8.32 Å². The van der Waals surface area contributed by atoms with E-state index >= 15 is 0 Å². The maximum atomic E-state index is 9.96. The first-order valence-electron chi connectivity index (χ1n) is 10.9. The Balaban J connectivity index is 1.71. The summed E-state index contributed by atoms with van der Waals surface area (Å²) in [6.45, 7) is 11.6. The van der Waals surface area contributed by atoms with E-state index in [0.717, 1.165) is 38.5 Å². The fourth-order valence-corrected chi connectivity index (χ4v) is 5.40. The van der Waals surface area contributed by atoms with Gasteiger partial charge < -0.3 is 14.3 Å². The molecule has 0 spiro atoms. The fourth-order valence-electron chi connectivity index (χ4n) is 4.27. The van der Waals surface area contributed by atoms with Crippen molar-refractivity contribution in [3.05, 3.63) is 47.7 Å². The normalized spacial score (nSPS) is 28.4. The third-order valence-electron chi connectivity index (χ3n) is 6.96. The van der Waals surface area contributed by atoms with Crippen LogP contribution in [-0.4, -0.2) is 25.8 Å². The zero-order valence-corrected chi connectivity index (χ0v) is 19.3. The highest BCUT2D eigenvalue weighted by Gasteiger charge is 2.48. The largest absolute Gasteiger partial charge is 0.547 e. The van der Waals surface area contributed by atoms with E-state index in [0.29, 0.717) is 11.8 Å². The molecule has 0 amide bonds. The van der Waals surface area contributed by atoms with Gasteiger partial charge in [-0.05, 0) is 67.8 Å². The van der Waals surface area contributed by atoms with Crippen LogP contribution in [0, 0.1) is 11.8 Å². The average Bonchev–Trinajstić information content (AvgIpc) is 3.16. The minimum absolute atomic E-state index is 0.180. The second kappa shape index (κ2) is 8.72. The van der Waals surface area contributed by atoms with Crippen LogP contribution >= 0.6 is 0 Å². The van der Waals surface area contributed by atoms with Gasteiger partial charge in [0, 0.05) is 12.3 Å². The summed E-state index contributed by atoms with van der Waals surface area (Å²) in [5.41, 5.74) is 1.40. The van der Waals surface area contributed by atoms with Crippen LogP contribution in [0.3, 0.4) is 0 Å². The highest BCUT2D eigenvalue weighted by molar-refractivity contribution is 6.74. The fraction of sp³-hybridized carbons (Fsp3) is 0.667. The Hall–Kier alpha value is -1.10. The van der Waals surface area contributed by atoms with E-state index in [-0.39, 0.29) is 11.1 Å². The molecule has 2 fully saturated rings. The van der Waals surface area contributed by atoms with Crippen molar-refractivity contribution in [1.29, 1.82) is 0 Å². The Kier molecular flexibility index (Phi) is 6.73. The molecule has 1 aliphatic heterocycles. The number of hydrogen-bond acceptors (Lipinski definition) is 3. The third-order valence-corrected chi connectivity index (χ3v) is 11.3. The van der Waals surface area contributed by atoms with Crippen molar-refractivity contribution in [3.63, 3.8) is 0 Å². The Morgan fingerprint density at radius 1 is 1.21 bits per heavy atom. The lowest BCUT2D eigenvalue weighted by Gasteiger charge is -2.39. The molecule has 2 aliphatic rings. The van der Waals surface area contributed by atoms with Gasteiger partial charge in [0.25, 0.3) is 0 Å². The summed E-state index contributed by atoms with van der Waals surface area (Å²) in [6, 6.07) is 10.7. The summed E-state index contributed by atoms with van der Waals surface area (Å²) in [6.07, 6.45) is 8.14. The number of hydrogen-bond donors (Lipinski definition) is 1. The second-order valence-electron chi connectivity index (χ2n) is 10.1. The molecule has 2 unspecified atom stereocenters. The van der Waals surface area contributed by atoms with Gasteiger partial charge in [0.1, 0.15) is 0 Å². The maximum absolute atomic E-state index is 9.96. The van der Waals surface area contributed by atoms with Crippen LogP contribution in [-0.2, 0) is 15.6 Å². The Bertz CT molecular complexity index is 662. The third kappa shape index (κ3) is 5.08. The molecule has 0 radical (unpaired) electrons. The van der Waals surface area contributed by atoms with Crippen LogP contribution in [0.25, 0.3) is 0 Å². The quantitative estimate of drug-likeness (QED) is 0.343. The molecule has 0 aromatic heterocycles. The van der Waals surface area contributed by atoms with E-state index in [4.69, 9.17) is 9.16 Å². The first kappa shape index (κ1) is 21.6. The molecule has 1 aromatic rings. The lowest BCUT2D eigenvalue weighted by atomic mass is 9.90. The molecule has 3 rings (SSSR count). The van der Waals surface area contributed by atoms with Crippen LogP contribution in [0.15, 0.2) is 42.2 Å². The molecule has 4 atom stereocenters.